The minimum Gasteiger partial charge on any atom is -0.400 e. The summed E-state index contributed by atoms with van der Waals surface area (Å²) in [4.78, 5) is 0. The Morgan fingerprint density at radius 1 is 1.32 bits per heavy atom. The number of hydrogen-bond donors (Lipinski definition) is 1. The number of hydrogen-bond acceptors (Lipinski definition) is 4. The molecule has 0 aliphatic carbocycles. The van der Waals surface area contributed by atoms with Gasteiger partial charge in [0.1, 0.15) is 0 Å². The Morgan fingerprint density at radius 2 is 1.95 bits per heavy atom. The Kier molecular flexibility index (Phi) is 4.21. The Bertz CT molecular complexity index is 438. The van der Waals surface area contributed by atoms with E-state index in [9.17, 15) is 0 Å². The highest BCUT2D eigenvalue weighted by Gasteiger charge is 2.52. The molecule has 0 aromatic carbocycles. The lowest BCUT2D eigenvalue weighted by Gasteiger charge is -2.32. The maximum Gasteiger partial charge on any atom is 0.491 e. The van der Waals surface area contributed by atoms with Crippen molar-refractivity contribution in [2.24, 2.45) is 0 Å². The molecule has 0 atom stereocenters. The second kappa shape index (κ2) is 5.41. The molecule has 1 aliphatic heterocycles. The lowest BCUT2D eigenvalue weighted by molar-refractivity contribution is 0.00578. The molecule has 0 unspecified atom stereocenters. The highest BCUT2D eigenvalue weighted by atomic mass is 32.1. The minimum atomic E-state index is -0.293. The molecule has 104 valence electrons. The summed E-state index contributed by atoms with van der Waals surface area (Å²) in [5.74, 6) is 0. The molecule has 0 spiro atoms. The fourth-order valence-electron chi connectivity index (χ4n) is 1.97. The van der Waals surface area contributed by atoms with Crippen LogP contribution in [0, 0.1) is 0 Å². The number of nitrogens with one attached hydrogen (secondary N) is 1. The van der Waals surface area contributed by atoms with Crippen LogP contribution < -0.4 is 5.32 Å². The molecule has 0 saturated carbocycles. The second-order valence-electron chi connectivity index (χ2n) is 5.89. The molecular weight excluding hydrogens is 257 g/mol. The monoisotopic (exact) mass is 279 g/mol. The predicted molar refractivity (Wildman–Crippen MR) is 82.3 cm³/mol. The van der Waals surface area contributed by atoms with Crippen molar-refractivity contribution < 1.29 is 9.31 Å². The van der Waals surface area contributed by atoms with Crippen molar-refractivity contribution in [2.45, 2.75) is 38.9 Å². The second-order valence-corrected chi connectivity index (χ2v) is 6.67. The van der Waals surface area contributed by atoms with E-state index in [1.807, 2.05) is 7.05 Å². The zero-order valence-electron chi connectivity index (χ0n) is 12.3. The largest absolute Gasteiger partial charge is 0.491 e. The van der Waals surface area contributed by atoms with Crippen molar-refractivity contribution in [3.8, 4) is 0 Å². The lowest BCUT2D eigenvalue weighted by Crippen LogP contribution is -2.41. The molecule has 3 nitrogen and oxygen atoms in total. The molecule has 0 radical (unpaired) electrons. The fraction of sp³-hybridized carbons (Fsp3) is 0.571. The van der Waals surface area contributed by atoms with Crippen LogP contribution in [0.25, 0.3) is 6.08 Å². The summed E-state index contributed by atoms with van der Waals surface area (Å²) in [5, 5.41) is 7.39. The first kappa shape index (κ1) is 14.8. The van der Waals surface area contributed by atoms with Crippen molar-refractivity contribution in [3.05, 3.63) is 27.9 Å². The van der Waals surface area contributed by atoms with E-state index in [2.05, 4.69) is 55.9 Å². The maximum atomic E-state index is 6.10. The standard InChI is InChI=1S/C14H22BNO2S/c1-13(2)14(3,4)18-15(17-13)12(9-16-5)8-11-6-7-19-10-11/h6-8,10,16H,9H2,1-5H3. The topological polar surface area (TPSA) is 30.5 Å². The molecule has 1 aliphatic rings. The van der Waals surface area contributed by atoms with E-state index in [1.54, 1.807) is 11.3 Å². The lowest BCUT2D eigenvalue weighted by atomic mass is 9.77. The summed E-state index contributed by atoms with van der Waals surface area (Å²) in [6, 6.07) is 2.10. The first-order chi connectivity index (χ1) is 8.86. The SMILES string of the molecule is CNCC(=Cc1ccsc1)B1OC(C)(C)C(C)(C)O1. The van der Waals surface area contributed by atoms with Crippen molar-refractivity contribution in [1.82, 2.24) is 5.32 Å². The summed E-state index contributed by atoms with van der Waals surface area (Å²) in [6.45, 7) is 9.07. The van der Waals surface area contributed by atoms with Crippen LogP contribution in [0.3, 0.4) is 0 Å². The maximum absolute atomic E-state index is 6.10. The smallest absolute Gasteiger partial charge is 0.400 e. The van der Waals surface area contributed by atoms with E-state index < -0.39 is 0 Å². The highest BCUT2D eigenvalue weighted by molar-refractivity contribution is 7.08. The Labute approximate surface area is 120 Å². The van der Waals surface area contributed by atoms with E-state index in [0.717, 1.165) is 12.0 Å². The van der Waals surface area contributed by atoms with Crippen molar-refractivity contribution in [3.63, 3.8) is 0 Å². The predicted octanol–water partition coefficient (Wildman–Crippen LogP) is 2.98. The molecule has 1 aromatic heterocycles. The van der Waals surface area contributed by atoms with Gasteiger partial charge in [0.25, 0.3) is 0 Å². The summed E-state index contributed by atoms with van der Waals surface area (Å²) in [6.07, 6.45) is 2.15. The van der Waals surface area contributed by atoms with Crippen LogP contribution in [-0.4, -0.2) is 31.9 Å². The van der Waals surface area contributed by atoms with Crippen molar-refractivity contribution in [2.75, 3.05) is 13.6 Å². The third kappa shape index (κ3) is 3.11. The summed E-state index contributed by atoms with van der Waals surface area (Å²) >= 11 is 1.70. The third-order valence-corrected chi connectivity index (χ3v) is 4.53. The number of likely N-dealkylation sites (N-methyl/N-ethyl adjacent to an activating group) is 1. The molecular formula is C14H22BNO2S. The summed E-state index contributed by atoms with van der Waals surface area (Å²) in [7, 11) is 1.66. The number of thiophene rings is 1. The molecule has 1 N–H and O–H groups in total. The van der Waals surface area contributed by atoms with Gasteiger partial charge in [-0.25, -0.2) is 0 Å². The van der Waals surface area contributed by atoms with Gasteiger partial charge in [-0.15, -0.1) is 0 Å². The van der Waals surface area contributed by atoms with Gasteiger partial charge >= 0.3 is 7.12 Å². The van der Waals surface area contributed by atoms with Gasteiger partial charge in [-0.3, -0.25) is 0 Å². The van der Waals surface area contributed by atoms with Crippen LogP contribution >= 0.6 is 11.3 Å². The first-order valence-corrected chi connectivity index (χ1v) is 7.53. The van der Waals surface area contributed by atoms with Gasteiger partial charge in [0, 0.05) is 6.54 Å². The van der Waals surface area contributed by atoms with Gasteiger partial charge in [-0.05, 0) is 62.6 Å². The van der Waals surface area contributed by atoms with Crippen LogP contribution in [0.4, 0.5) is 0 Å². The molecule has 1 aromatic rings. The zero-order chi connectivity index (χ0) is 14.1. The van der Waals surface area contributed by atoms with E-state index in [0.29, 0.717) is 0 Å². The molecule has 2 rings (SSSR count). The Balaban J connectivity index is 2.23. The van der Waals surface area contributed by atoms with Gasteiger partial charge in [0.05, 0.1) is 11.2 Å². The van der Waals surface area contributed by atoms with Crippen LogP contribution in [0.2, 0.25) is 0 Å². The van der Waals surface area contributed by atoms with Gasteiger partial charge in [0.15, 0.2) is 0 Å². The Morgan fingerprint density at radius 3 is 2.42 bits per heavy atom. The van der Waals surface area contributed by atoms with Crippen LogP contribution in [0.15, 0.2) is 22.3 Å². The molecule has 1 saturated heterocycles. The van der Waals surface area contributed by atoms with E-state index in [1.165, 1.54) is 5.56 Å². The molecule has 19 heavy (non-hydrogen) atoms. The summed E-state index contributed by atoms with van der Waals surface area (Å²) in [5.41, 5.74) is 1.74. The molecule has 2 heterocycles. The van der Waals surface area contributed by atoms with Gasteiger partial charge in [-0.1, -0.05) is 6.08 Å². The third-order valence-electron chi connectivity index (χ3n) is 3.83. The average Bonchev–Trinajstić information content (AvgIpc) is 2.85. The van der Waals surface area contributed by atoms with Crippen LogP contribution in [-0.2, 0) is 9.31 Å². The molecule has 5 heteroatoms. The number of rotatable bonds is 4. The zero-order valence-corrected chi connectivity index (χ0v) is 13.1. The molecule has 0 bridgehead atoms. The average molecular weight is 279 g/mol. The van der Waals surface area contributed by atoms with Crippen LogP contribution in [0.5, 0.6) is 0 Å². The summed E-state index contributed by atoms with van der Waals surface area (Å²) < 4.78 is 12.2. The molecule has 0 amide bonds. The van der Waals surface area contributed by atoms with E-state index >= 15 is 0 Å². The fourth-order valence-corrected chi connectivity index (χ4v) is 2.59. The minimum absolute atomic E-state index is 0.280. The van der Waals surface area contributed by atoms with Crippen molar-refractivity contribution in [1.29, 1.82) is 0 Å². The normalized spacial score (nSPS) is 21.9. The van der Waals surface area contributed by atoms with E-state index in [4.69, 9.17) is 9.31 Å². The Hall–Kier alpha value is -0.615. The highest BCUT2D eigenvalue weighted by Crippen LogP contribution is 2.38. The van der Waals surface area contributed by atoms with Crippen molar-refractivity contribution >= 4 is 24.5 Å². The van der Waals surface area contributed by atoms with Gasteiger partial charge < -0.3 is 14.6 Å². The van der Waals surface area contributed by atoms with Crippen LogP contribution in [0.1, 0.15) is 33.3 Å². The molecule has 1 fully saturated rings. The quantitative estimate of drug-likeness (QED) is 0.859. The van der Waals surface area contributed by atoms with E-state index in [-0.39, 0.29) is 18.3 Å². The van der Waals surface area contributed by atoms with Gasteiger partial charge in [-0.2, -0.15) is 11.3 Å². The van der Waals surface area contributed by atoms with Gasteiger partial charge in [0.2, 0.25) is 0 Å². The first-order valence-electron chi connectivity index (χ1n) is 6.58.